The van der Waals surface area contributed by atoms with E-state index in [1.54, 1.807) is 23.1 Å². The lowest BCUT2D eigenvalue weighted by atomic mass is 10.1. The predicted molar refractivity (Wildman–Crippen MR) is 69.4 cm³/mol. The molecule has 2 rings (SSSR count). The van der Waals surface area contributed by atoms with Crippen molar-refractivity contribution in [3.05, 3.63) is 29.8 Å². The van der Waals surface area contributed by atoms with Crippen LogP contribution in [0.4, 0.5) is 5.69 Å². The van der Waals surface area contributed by atoms with Crippen molar-refractivity contribution in [2.24, 2.45) is 5.73 Å². The fourth-order valence-electron chi connectivity index (χ4n) is 2.12. The number of anilines is 1. The van der Waals surface area contributed by atoms with Crippen LogP contribution in [-0.4, -0.2) is 30.9 Å². The molecular weight excluding hydrogens is 230 g/mol. The number of rotatable bonds is 3. The van der Waals surface area contributed by atoms with Crippen LogP contribution in [0.25, 0.3) is 0 Å². The number of benzene rings is 1. The third kappa shape index (κ3) is 2.36. The van der Waals surface area contributed by atoms with Gasteiger partial charge in [0.05, 0.1) is 11.3 Å². The van der Waals surface area contributed by atoms with Crippen LogP contribution in [0.2, 0.25) is 0 Å². The summed E-state index contributed by atoms with van der Waals surface area (Å²) in [6, 6.07) is 6.95. The highest BCUT2D eigenvalue weighted by Crippen LogP contribution is 2.24. The SMILES string of the molecule is CCNC(=O)c1ccccc1N1CC(N)CC1=O. The Morgan fingerprint density at radius 1 is 1.50 bits per heavy atom. The van der Waals surface area contributed by atoms with Gasteiger partial charge in [0.25, 0.3) is 5.91 Å². The molecule has 5 heteroatoms. The highest BCUT2D eigenvalue weighted by molar-refractivity contribution is 6.05. The minimum absolute atomic E-state index is 0.0285. The van der Waals surface area contributed by atoms with Gasteiger partial charge >= 0.3 is 0 Å². The van der Waals surface area contributed by atoms with E-state index < -0.39 is 0 Å². The molecule has 0 saturated carbocycles. The molecule has 2 amide bonds. The van der Waals surface area contributed by atoms with Gasteiger partial charge in [-0.25, -0.2) is 0 Å². The van der Waals surface area contributed by atoms with Gasteiger partial charge in [-0.05, 0) is 19.1 Å². The molecule has 96 valence electrons. The second-order valence-corrected chi connectivity index (χ2v) is 4.35. The maximum atomic E-state index is 11.9. The Balaban J connectivity index is 2.33. The van der Waals surface area contributed by atoms with Crippen LogP contribution in [0.1, 0.15) is 23.7 Å². The van der Waals surface area contributed by atoms with E-state index >= 15 is 0 Å². The summed E-state index contributed by atoms with van der Waals surface area (Å²) in [7, 11) is 0. The van der Waals surface area contributed by atoms with Crippen molar-refractivity contribution < 1.29 is 9.59 Å². The van der Waals surface area contributed by atoms with E-state index in [-0.39, 0.29) is 17.9 Å². The largest absolute Gasteiger partial charge is 0.352 e. The van der Waals surface area contributed by atoms with Crippen molar-refractivity contribution in [3.63, 3.8) is 0 Å². The summed E-state index contributed by atoms with van der Waals surface area (Å²) < 4.78 is 0. The van der Waals surface area contributed by atoms with E-state index in [2.05, 4.69) is 5.32 Å². The van der Waals surface area contributed by atoms with Crippen molar-refractivity contribution in [2.75, 3.05) is 18.0 Å². The third-order valence-electron chi connectivity index (χ3n) is 2.93. The molecular formula is C13H17N3O2. The highest BCUT2D eigenvalue weighted by Gasteiger charge is 2.30. The minimum atomic E-state index is -0.165. The van der Waals surface area contributed by atoms with Gasteiger partial charge in [0, 0.05) is 25.6 Å². The van der Waals surface area contributed by atoms with Gasteiger partial charge in [-0.3, -0.25) is 9.59 Å². The second-order valence-electron chi connectivity index (χ2n) is 4.35. The van der Waals surface area contributed by atoms with Crippen LogP contribution < -0.4 is 16.0 Å². The summed E-state index contributed by atoms with van der Waals surface area (Å²) in [5.41, 5.74) is 6.93. The van der Waals surface area contributed by atoms with E-state index in [9.17, 15) is 9.59 Å². The van der Waals surface area contributed by atoms with Crippen molar-refractivity contribution in [1.82, 2.24) is 5.32 Å². The molecule has 1 atom stereocenters. The molecule has 0 radical (unpaired) electrons. The molecule has 3 N–H and O–H groups in total. The normalized spacial score (nSPS) is 19.1. The number of nitrogens with one attached hydrogen (secondary N) is 1. The van der Waals surface area contributed by atoms with Crippen LogP contribution in [0.3, 0.4) is 0 Å². The van der Waals surface area contributed by atoms with Gasteiger partial charge < -0.3 is 16.0 Å². The summed E-state index contributed by atoms with van der Waals surface area (Å²) in [6.45, 7) is 2.88. The lowest BCUT2D eigenvalue weighted by Gasteiger charge is -2.19. The van der Waals surface area contributed by atoms with Gasteiger partial charge in [0.2, 0.25) is 5.91 Å². The Hall–Kier alpha value is -1.88. The lowest BCUT2D eigenvalue weighted by Crippen LogP contribution is -2.31. The number of para-hydroxylation sites is 1. The Bertz CT molecular complexity index is 473. The van der Waals surface area contributed by atoms with Gasteiger partial charge in [0.1, 0.15) is 0 Å². The number of hydrogen-bond donors (Lipinski definition) is 2. The van der Waals surface area contributed by atoms with E-state index in [4.69, 9.17) is 5.73 Å². The molecule has 1 saturated heterocycles. The van der Waals surface area contributed by atoms with Crippen LogP contribution >= 0.6 is 0 Å². The highest BCUT2D eigenvalue weighted by atomic mass is 16.2. The summed E-state index contributed by atoms with van der Waals surface area (Å²) in [5.74, 6) is -0.194. The van der Waals surface area contributed by atoms with Crippen LogP contribution in [0.15, 0.2) is 24.3 Å². The molecule has 1 aromatic rings. The third-order valence-corrected chi connectivity index (χ3v) is 2.93. The molecule has 1 fully saturated rings. The zero-order chi connectivity index (χ0) is 13.1. The molecule has 1 aliphatic heterocycles. The first-order chi connectivity index (χ1) is 8.63. The Kier molecular flexibility index (Phi) is 3.62. The molecule has 1 heterocycles. The Labute approximate surface area is 106 Å². The maximum Gasteiger partial charge on any atom is 0.253 e. The summed E-state index contributed by atoms with van der Waals surface area (Å²) >= 11 is 0. The van der Waals surface area contributed by atoms with Gasteiger partial charge in [0.15, 0.2) is 0 Å². The first-order valence-electron chi connectivity index (χ1n) is 6.06. The molecule has 0 aromatic heterocycles. The molecule has 5 nitrogen and oxygen atoms in total. The van der Waals surface area contributed by atoms with Crippen molar-refractivity contribution in [3.8, 4) is 0 Å². The number of nitrogens with zero attached hydrogens (tertiary/aromatic N) is 1. The van der Waals surface area contributed by atoms with Gasteiger partial charge in [-0.15, -0.1) is 0 Å². The lowest BCUT2D eigenvalue weighted by molar-refractivity contribution is -0.117. The first kappa shape index (κ1) is 12.6. The molecule has 0 bridgehead atoms. The first-order valence-corrected chi connectivity index (χ1v) is 6.06. The number of nitrogens with two attached hydrogens (primary N) is 1. The fourth-order valence-corrected chi connectivity index (χ4v) is 2.12. The second kappa shape index (κ2) is 5.18. The quantitative estimate of drug-likeness (QED) is 0.816. The van der Waals surface area contributed by atoms with Crippen LogP contribution in [0.5, 0.6) is 0 Å². The predicted octanol–water partition coefficient (Wildman–Crippen LogP) is 0.500. The van der Waals surface area contributed by atoms with E-state index in [0.717, 1.165) is 0 Å². The maximum absolute atomic E-state index is 11.9. The summed E-state index contributed by atoms with van der Waals surface area (Å²) in [5, 5.41) is 2.74. The molecule has 1 aliphatic rings. The standard InChI is InChI=1S/C13H17N3O2/c1-2-15-13(18)10-5-3-4-6-11(10)16-8-9(14)7-12(16)17/h3-6,9H,2,7-8,14H2,1H3,(H,15,18). The zero-order valence-electron chi connectivity index (χ0n) is 10.3. The smallest absolute Gasteiger partial charge is 0.253 e. The fraction of sp³-hybridized carbons (Fsp3) is 0.385. The van der Waals surface area contributed by atoms with E-state index in [1.807, 2.05) is 13.0 Å². The number of hydrogen-bond acceptors (Lipinski definition) is 3. The van der Waals surface area contributed by atoms with Gasteiger partial charge in [-0.2, -0.15) is 0 Å². The van der Waals surface area contributed by atoms with Crippen LogP contribution in [-0.2, 0) is 4.79 Å². The van der Waals surface area contributed by atoms with Crippen molar-refractivity contribution in [1.29, 1.82) is 0 Å². The molecule has 1 aromatic carbocycles. The van der Waals surface area contributed by atoms with Crippen molar-refractivity contribution in [2.45, 2.75) is 19.4 Å². The topological polar surface area (TPSA) is 75.4 Å². The zero-order valence-corrected chi connectivity index (χ0v) is 10.3. The monoisotopic (exact) mass is 247 g/mol. The summed E-state index contributed by atoms with van der Waals surface area (Å²) in [4.78, 5) is 25.4. The Morgan fingerprint density at radius 3 is 2.83 bits per heavy atom. The van der Waals surface area contributed by atoms with Crippen molar-refractivity contribution >= 4 is 17.5 Å². The van der Waals surface area contributed by atoms with Crippen LogP contribution in [0, 0.1) is 0 Å². The molecule has 0 spiro atoms. The molecule has 1 unspecified atom stereocenters. The molecule has 0 aliphatic carbocycles. The van der Waals surface area contributed by atoms with E-state index in [0.29, 0.717) is 30.8 Å². The van der Waals surface area contributed by atoms with Gasteiger partial charge in [-0.1, -0.05) is 12.1 Å². The van der Waals surface area contributed by atoms with E-state index in [1.165, 1.54) is 0 Å². The number of amides is 2. The Morgan fingerprint density at radius 2 is 2.22 bits per heavy atom. The number of carbonyl (C=O) groups is 2. The number of carbonyl (C=O) groups excluding carboxylic acids is 2. The average Bonchev–Trinajstić information content (AvgIpc) is 2.69. The minimum Gasteiger partial charge on any atom is -0.352 e. The average molecular weight is 247 g/mol. The summed E-state index contributed by atoms with van der Waals surface area (Å²) in [6.07, 6.45) is 0.337. The molecule has 18 heavy (non-hydrogen) atoms.